The number of carboxylic acids is 2. The van der Waals surface area contributed by atoms with Crippen LogP contribution in [0.3, 0.4) is 0 Å². The number of aliphatic carboxylic acids is 2. The van der Waals surface area contributed by atoms with E-state index < -0.39 is 67.2 Å². The number of esters is 1. The van der Waals surface area contributed by atoms with Crippen LogP contribution in [-0.4, -0.2) is 85.6 Å². The van der Waals surface area contributed by atoms with Gasteiger partial charge in [-0.1, -0.05) is 46.5 Å². The Morgan fingerprint density at radius 3 is 1.97 bits per heavy atom. The zero-order valence-corrected chi connectivity index (χ0v) is 21.8. The van der Waals surface area contributed by atoms with Crippen molar-refractivity contribution >= 4 is 17.9 Å². The molecule has 11 nitrogen and oxygen atoms in total. The van der Waals surface area contributed by atoms with E-state index in [1.807, 2.05) is 20.8 Å². The summed E-state index contributed by atoms with van der Waals surface area (Å²) in [5, 5.41) is 58.1. The largest absolute Gasteiger partial charge is 0.481 e. The van der Waals surface area contributed by atoms with Gasteiger partial charge in [-0.25, -0.2) is 0 Å². The van der Waals surface area contributed by atoms with Crippen molar-refractivity contribution in [1.29, 1.82) is 0 Å². The molecule has 0 saturated carbocycles. The molecule has 0 amide bonds. The molecule has 8 atom stereocenters. The van der Waals surface area contributed by atoms with E-state index in [0.717, 1.165) is 19.3 Å². The van der Waals surface area contributed by atoms with E-state index in [4.69, 9.17) is 20.7 Å². The number of ether oxygens (including phenoxy) is 1. The smallest absolute Gasteiger partial charge is 0.307 e. The summed E-state index contributed by atoms with van der Waals surface area (Å²) in [5.74, 6) is -5.02. The minimum Gasteiger partial charge on any atom is -0.481 e. The molecule has 0 heterocycles. The van der Waals surface area contributed by atoms with Crippen molar-refractivity contribution in [2.45, 2.75) is 115 Å². The van der Waals surface area contributed by atoms with Gasteiger partial charge in [0.1, 0.15) is 6.10 Å². The maximum absolute atomic E-state index is 12.3. The maximum Gasteiger partial charge on any atom is 0.307 e. The Balaban J connectivity index is 4.60. The van der Waals surface area contributed by atoms with Crippen molar-refractivity contribution in [2.24, 2.45) is 23.5 Å². The maximum atomic E-state index is 12.3. The van der Waals surface area contributed by atoms with Gasteiger partial charge in [0.05, 0.1) is 43.2 Å². The van der Waals surface area contributed by atoms with Crippen molar-refractivity contribution < 1.29 is 49.8 Å². The van der Waals surface area contributed by atoms with Crippen LogP contribution >= 0.6 is 0 Å². The highest BCUT2D eigenvalue weighted by Gasteiger charge is 2.32. The highest BCUT2D eigenvalue weighted by atomic mass is 16.6. The van der Waals surface area contributed by atoms with Crippen molar-refractivity contribution in [2.75, 3.05) is 6.54 Å². The highest BCUT2D eigenvalue weighted by Crippen LogP contribution is 2.24. The van der Waals surface area contributed by atoms with E-state index in [-0.39, 0.29) is 24.8 Å². The Bertz CT molecular complexity index is 646. The molecule has 0 fully saturated rings. The van der Waals surface area contributed by atoms with E-state index in [1.54, 1.807) is 0 Å². The number of rotatable bonds is 21. The zero-order valence-electron chi connectivity index (χ0n) is 21.8. The number of unbranched alkanes of at least 4 members (excludes halogenated alkanes) is 2. The van der Waals surface area contributed by atoms with Crippen LogP contribution < -0.4 is 5.73 Å². The number of hydrogen-bond donors (Lipinski definition) is 7. The molecule has 212 valence electrons. The van der Waals surface area contributed by atoms with Gasteiger partial charge in [0.15, 0.2) is 0 Å². The van der Waals surface area contributed by atoms with E-state index in [2.05, 4.69) is 0 Å². The molecular formula is C25H47NO10. The molecular weight excluding hydrogens is 474 g/mol. The molecule has 0 saturated heterocycles. The van der Waals surface area contributed by atoms with E-state index in [9.17, 15) is 34.8 Å². The van der Waals surface area contributed by atoms with Gasteiger partial charge in [0.2, 0.25) is 0 Å². The number of aliphatic hydroxyl groups excluding tert-OH is 4. The standard InChI is InChI=1S/C25H47NO10/c1-4-16(3)24(36-23(33)12-17(25(34)35)11-22(31)32)21(30)10-15(2)8-6-5-7-9-19(28)20(29)13-18(27)14-26/h15-21,24,27-30H,4-14,26H2,1-3H3,(H,31,32)(H,34,35). The first-order valence-corrected chi connectivity index (χ1v) is 12.9. The molecule has 0 aliphatic rings. The van der Waals surface area contributed by atoms with Crippen LogP contribution in [0.2, 0.25) is 0 Å². The van der Waals surface area contributed by atoms with Gasteiger partial charge < -0.3 is 41.1 Å². The van der Waals surface area contributed by atoms with Crippen LogP contribution in [0.5, 0.6) is 0 Å². The molecule has 11 heteroatoms. The fourth-order valence-electron chi connectivity index (χ4n) is 4.08. The van der Waals surface area contributed by atoms with Gasteiger partial charge in [-0.05, 0) is 31.1 Å². The fourth-order valence-corrected chi connectivity index (χ4v) is 4.08. The molecule has 0 aliphatic heterocycles. The predicted molar refractivity (Wildman–Crippen MR) is 132 cm³/mol. The van der Waals surface area contributed by atoms with Gasteiger partial charge in [-0.15, -0.1) is 0 Å². The van der Waals surface area contributed by atoms with E-state index >= 15 is 0 Å². The summed E-state index contributed by atoms with van der Waals surface area (Å²) in [7, 11) is 0. The van der Waals surface area contributed by atoms with Gasteiger partial charge in [-0.3, -0.25) is 14.4 Å². The average molecular weight is 522 g/mol. The van der Waals surface area contributed by atoms with E-state index in [1.165, 1.54) is 0 Å². The summed E-state index contributed by atoms with van der Waals surface area (Å²) < 4.78 is 5.43. The molecule has 36 heavy (non-hydrogen) atoms. The monoisotopic (exact) mass is 521 g/mol. The van der Waals surface area contributed by atoms with Crippen LogP contribution in [0.25, 0.3) is 0 Å². The van der Waals surface area contributed by atoms with Crippen LogP contribution in [-0.2, 0) is 19.1 Å². The Morgan fingerprint density at radius 1 is 0.833 bits per heavy atom. The minimum atomic E-state index is -1.39. The molecule has 8 unspecified atom stereocenters. The van der Waals surface area contributed by atoms with E-state index in [0.29, 0.717) is 25.7 Å². The van der Waals surface area contributed by atoms with Crippen LogP contribution in [0.15, 0.2) is 0 Å². The number of aliphatic hydroxyl groups is 4. The predicted octanol–water partition coefficient (Wildman–Crippen LogP) is 1.28. The molecule has 0 radical (unpaired) electrons. The van der Waals surface area contributed by atoms with Crippen molar-refractivity contribution in [1.82, 2.24) is 0 Å². The third kappa shape index (κ3) is 14.7. The minimum absolute atomic E-state index is 0.0260. The second-order valence-corrected chi connectivity index (χ2v) is 9.98. The summed E-state index contributed by atoms with van der Waals surface area (Å²) in [4.78, 5) is 34.4. The Hall–Kier alpha value is -1.79. The lowest BCUT2D eigenvalue weighted by molar-refractivity contribution is -0.164. The lowest BCUT2D eigenvalue weighted by atomic mass is 9.89. The lowest BCUT2D eigenvalue weighted by Gasteiger charge is -2.30. The molecule has 0 aliphatic carbocycles. The Morgan fingerprint density at radius 2 is 1.44 bits per heavy atom. The summed E-state index contributed by atoms with van der Waals surface area (Å²) >= 11 is 0. The third-order valence-electron chi connectivity index (χ3n) is 6.61. The second kappa shape index (κ2) is 18.5. The molecule has 0 rings (SSSR count). The van der Waals surface area contributed by atoms with Gasteiger partial charge >= 0.3 is 17.9 Å². The molecule has 0 aromatic rings. The van der Waals surface area contributed by atoms with Gasteiger partial charge in [0.25, 0.3) is 0 Å². The van der Waals surface area contributed by atoms with Crippen LogP contribution in [0.4, 0.5) is 0 Å². The molecule has 0 bridgehead atoms. The van der Waals surface area contributed by atoms with Crippen molar-refractivity contribution in [3.05, 3.63) is 0 Å². The van der Waals surface area contributed by atoms with Crippen molar-refractivity contribution in [3.8, 4) is 0 Å². The SMILES string of the molecule is CCC(C)C(OC(=O)CC(CC(=O)O)C(=O)O)C(O)CC(C)CCCCCC(O)C(O)CC(O)CN. The summed E-state index contributed by atoms with van der Waals surface area (Å²) in [5.41, 5.74) is 5.31. The zero-order chi connectivity index (χ0) is 27.8. The molecule has 0 spiro atoms. The van der Waals surface area contributed by atoms with Gasteiger partial charge in [0, 0.05) is 13.0 Å². The number of carbonyl (C=O) groups is 3. The number of nitrogens with two attached hydrogens (primary N) is 1. The first-order valence-electron chi connectivity index (χ1n) is 12.9. The fraction of sp³-hybridized carbons (Fsp3) is 0.880. The molecule has 0 aromatic carbocycles. The second-order valence-electron chi connectivity index (χ2n) is 9.98. The normalized spacial score (nSPS) is 18.3. The molecule has 0 aromatic heterocycles. The summed E-state index contributed by atoms with van der Waals surface area (Å²) in [6.07, 6.45) is -1.27. The van der Waals surface area contributed by atoms with Crippen molar-refractivity contribution in [3.63, 3.8) is 0 Å². The summed E-state index contributed by atoms with van der Waals surface area (Å²) in [6, 6.07) is 0. The highest BCUT2D eigenvalue weighted by molar-refractivity contribution is 5.82. The number of carbonyl (C=O) groups excluding carboxylic acids is 1. The summed E-state index contributed by atoms with van der Waals surface area (Å²) in [6.45, 7) is 5.70. The topological polar surface area (TPSA) is 208 Å². The quantitative estimate of drug-likeness (QED) is 0.0845. The van der Waals surface area contributed by atoms with Crippen LogP contribution in [0.1, 0.15) is 85.0 Å². The molecule has 8 N–H and O–H groups in total. The van der Waals surface area contributed by atoms with Gasteiger partial charge in [-0.2, -0.15) is 0 Å². The lowest BCUT2D eigenvalue weighted by Crippen LogP contribution is -2.38. The number of carboxylic acid groups (broad SMARTS) is 2. The first kappa shape index (κ1) is 34.2. The Labute approximate surface area is 213 Å². The Kier molecular flexibility index (Phi) is 17.5. The average Bonchev–Trinajstić information content (AvgIpc) is 2.80. The van der Waals surface area contributed by atoms with Crippen LogP contribution in [0, 0.1) is 17.8 Å². The first-order chi connectivity index (χ1) is 16.8. The number of hydrogen-bond acceptors (Lipinski definition) is 9. The third-order valence-corrected chi connectivity index (χ3v) is 6.61.